The first-order chi connectivity index (χ1) is 9.03. The molecule has 0 heterocycles. The van der Waals surface area contributed by atoms with Crippen LogP contribution < -0.4 is 5.39 Å². The Labute approximate surface area is 121 Å². The lowest BCUT2D eigenvalue weighted by atomic mass is 10.3. The van der Waals surface area contributed by atoms with Crippen LogP contribution in [0.25, 0.3) is 0 Å². The van der Waals surface area contributed by atoms with Gasteiger partial charge in [0.2, 0.25) is 5.39 Å². The van der Waals surface area contributed by atoms with Gasteiger partial charge in [-0.3, -0.25) is 0 Å². The van der Waals surface area contributed by atoms with E-state index in [2.05, 4.69) is 0 Å². The van der Waals surface area contributed by atoms with Gasteiger partial charge in [0.05, 0.1) is 19.3 Å². The maximum absolute atomic E-state index is 11.3. The van der Waals surface area contributed by atoms with Crippen molar-refractivity contribution in [3.63, 3.8) is 0 Å². The van der Waals surface area contributed by atoms with Gasteiger partial charge in [-0.2, -0.15) is 14.5 Å². The van der Waals surface area contributed by atoms with Crippen molar-refractivity contribution in [2.75, 3.05) is 0 Å². The highest BCUT2D eigenvalue weighted by molar-refractivity contribution is 5.75. The fourth-order valence-electron chi connectivity index (χ4n) is 1.11. The summed E-state index contributed by atoms with van der Waals surface area (Å²) in [5.41, 5.74) is 0. The monoisotopic (exact) mass is 287 g/mol. The third kappa shape index (κ3) is 10.4. The standard InChI is InChI=1S/C12H22NO6.B/c1-4-7-10(14)17-13(18-11(15)8-5-2)19-12(16)9-6-3;/h13H,4-9H2,1-3H3;/q+1;-1. The number of carbonyl (C=O) groups is 3. The summed E-state index contributed by atoms with van der Waals surface area (Å²) in [7, 11) is 0. The normalized spacial score (nSPS) is 9.60. The highest BCUT2D eigenvalue weighted by atomic mass is 17.2. The number of hydrogen-bond donors (Lipinski definition) is 1. The minimum Gasteiger partial charge on any atom is -1.00 e. The average molecular weight is 287 g/mol. The van der Waals surface area contributed by atoms with Gasteiger partial charge in [-0.05, 0) is 19.3 Å². The SMILES string of the molecule is CCCC(=O)O[NH+](OC(=O)CCC)OC(=O)CCC.[B-]. The summed E-state index contributed by atoms with van der Waals surface area (Å²) in [5.74, 6) is -1.82. The first kappa shape index (κ1) is 20.7. The summed E-state index contributed by atoms with van der Waals surface area (Å²) in [4.78, 5) is 48.1. The molecule has 0 aromatic heterocycles. The van der Waals surface area contributed by atoms with Gasteiger partial charge in [0.25, 0.3) is 0 Å². The van der Waals surface area contributed by atoms with Gasteiger partial charge >= 0.3 is 17.9 Å². The molecule has 8 heteroatoms. The van der Waals surface area contributed by atoms with Crippen LogP contribution in [0.2, 0.25) is 0 Å². The Morgan fingerprint density at radius 3 is 1.15 bits per heavy atom. The minimum absolute atomic E-state index is 0. The van der Waals surface area contributed by atoms with Crippen molar-refractivity contribution < 1.29 is 34.3 Å². The molecule has 7 nitrogen and oxygen atoms in total. The summed E-state index contributed by atoms with van der Waals surface area (Å²) in [6, 6.07) is 0. The molecule has 0 atom stereocenters. The zero-order valence-corrected chi connectivity index (χ0v) is 12.3. The van der Waals surface area contributed by atoms with Crippen LogP contribution >= 0.6 is 0 Å². The smallest absolute Gasteiger partial charge is 0.378 e. The van der Waals surface area contributed by atoms with Crippen LogP contribution in [0.4, 0.5) is 0 Å². The van der Waals surface area contributed by atoms with Gasteiger partial charge < -0.3 is 8.41 Å². The molecule has 4 radical (unpaired) electrons. The van der Waals surface area contributed by atoms with E-state index in [0.29, 0.717) is 19.3 Å². The third-order valence-corrected chi connectivity index (χ3v) is 1.95. The zero-order valence-electron chi connectivity index (χ0n) is 12.3. The molecule has 0 amide bonds. The van der Waals surface area contributed by atoms with Gasteiger partial charge in [-0.25, -0.2) is 14.4 Å². The van der Waals surface area contributed by atoms with Crippen LogP contribution in [0.1, 0.15) is 59.3 Å². The number of rotatable bonds is 9. The Morgan fingerprint density at radius 2 is 0.950 bits per heavy atom. The van der Waals surface area contributed by atoms with E-state index in [9.17, 15) is 14.4 Å². The molecule has 0 aliphatic carbocycles. The lowest BCUT2D eigenvalue weighted by Gasteiger charge is -2.11. The van der Waals surface area contributed by atoms with Crippen LogP contribution in [0.5, 0.6) is 0 Å². The molecule has 0 saturated heterocycles. The minimum atomic E-state index is -0.685. The third-order valence-electron chi connectivity index (χ3n) is 1.95. The number of hydrogen-bond acceptors (Lipinski definition) is 6. The van der Waals surface area contributed by atoms with E-state index in [1.165, 1.54) is 0 Å². The Morgan fingerprint density at radius 1 is 0.700 bits per heavy atom. The van der Waals surface area contributed by atoms with E-state index >= 15 is 0 Å². The highest BCUT2D eigenvalue weighted by Crippen LogP contribution is 1.91. The van der Waals surface area contributed by atoms with Crippen LogP contribution in [-0.4, -0.2) is 26.3 Å². The molecule has 0 fully saturated rings. The van der Waals surface area contributed by atoms with E-state index in [1.807, 2.05) is 0 Å². The van der Waals surface area contributed by atoms with Crippen molar-refractivity contribution in [3.05, 3.63) is 0 Å². The summed E-state index contributed by atoms with van der Waals surface area (Å²) in [6.07, 6.45) is 2.20. The first-order valence-corrected chi connectivity index (χ1v) is 6.52. The lowest BCUT2D eigenvalue weighted by Crippen LogP contribution is -3.10. The van der Waals surface area contributed by atoms with E-state index in [0.717, 1.165) is 0 Å². The molecule has 0 bridgehead atoms. The van der Waals surface area contributed by atoms with E-state index in [-0.39, 0.29) is 27.7 Å². The van der Waals surface area contributed by atoms with Gasteiger partial charge in [0.1, 0.15) is 0 Å². The quantitative estimate of drug-likeness (QED) is 0.484. The molecule has 0 aromatic rings. The van der Waals surface area contributed by atoms with Crippen molar-refractivity contribution in [2.24, 2.45) is 0 Å². The average Bonchev–Trinajstić information content (AvgIpc) is 2.29. The maximum atomic E-state index is 11.3. The van der Waals surface area contributed by atoms with Gasteiger partial charge in [-0.15, -0.1) is 0 Å². The molecular formula is C12H22BNO6. The molecule has 0 spiro atoms. The van der Waals surface area contributed by atoms with Crippen LogP contribution in [0.3, 0.4) is 0 Å². The second-order valence-electron chi connectivity index (χ2n) is 3.92. The van der Waals surface area contributed by atoms with Crippen LogP contribution in [0.15, 0.2) is 0 Å². The summed E-state index contributed by atoms with van der Waals surface area (Å²) < 4.78 is 0. The largest absolute Gasteiger partial charge is 1.00 e. The number of carbonyl (C=O) groups excluding carboxylic acids is 3. The molecule has 1 N–H and O–H groups in total. The number of nitrogens with one attached hydrogen (secondary N) is 1. The van der Waals surface area contributed by atoms with Crippen molar-refractivity contribution in [2.45, 2.75) is 59.3 Å². The predicted octanol–water partition coefficient (Wildman–Crippen LogP) is 0.265. The molecule has 0 aliphatic rings. The highest BCUT2D eigenvalue weighted by Gasteiger charge is 2.25. The molecule has 0 unspecified atom stereocenters. The summed E-state index contributed by atoms with van der Waals surface area (Å²) >= 11 is 0. The van der Waals surface area contributed by atoms with Crippen LogP contribution in [-0.2, 0) is 28.9 Å². The van der Waals surface area contributed by atoms with Gasteiger partial charge in [0, 0.05) is 0 Å². The first-order valence-electron chi connectivity index (χ1n) is 6.52. The van der Waals surface area contributed by atoms with Crippen molar-refractivity contribution in [3.8, 4) is 0 Å². The molecule has 114 valence electrons. The fraction of sp³-hybridized carbons (Fsp3) is 0.750. The Hall–Kier alpha value is -1.57. The van der Waals surface area contributed by atoms with Crippen molar-refractivity contribution in [1.82, 2.24) is 0 Å². The van der Waals surface area contributed by atoms with Crippen LogP contribution in [0, 0.1) is 0 Å². The molecule has 0 saturated carbocycles. The molecule has 0 aromatic carbocycles. The van der Waals surface area contributed by atoms with E-state index in [4.69, 9.17) is 14.5 Å². The Balaban J connectivity index is 0. The summed E-state index contributed by atoms with van der Waals surface area (Å²) in [6.45, 7) is 5.40. The summed E-state index contributed by atoms with van der Waals surface area (Å²) in [5, 5.41) is -0.685. The van der Waals surface area contributed by atoms with Crippen molar-refractivity contribution >= 4 is 26.3 Å². The second kappa shape index (κ2) is 12.5. The zero-order chi connectivity index (χ0) is 14.7. The van der Waals surface area contributed by atoms with Gasteiger partial charge in [0.15, 0.2) is 0 Å². The van der Waals surface area contributed by atoms with Crippen molar-refractivity contribution in [1.29, 1.82) is 0 Å². The van der Waals surface area contributed by atoms with Gasteiger partial charge in [-0.1, -0.05) is 20.8 Å². The molecule has 0 rings (SSSR count). The molecular weight excluding hydrogens is 265 g/mol. The topological polar surface area (TPSA) is 83.3 Å². The number of quaternary nitrogens is 1. The maximum Gasteiger partial charge on any atom is 0.378 e. The molecule has 20 heavy (non-hydrogen) atoms. The fourth-order valence-corrected chi connectivity index (χ4v) is 1.11. The Bertz CT molecular complexity index is 263. The second-order valence-corrected chi connectivity index (χ2v) is 3.92. The predicted molar refractivity (Wildman–Crippen MR) is 69.7 cm³/mol. The van der Waals surface area contributed by atoms with E-state index < -0.39 is 23.3 Å². The molecule has 0 aliphatic heterocycles. The Kier molecular flexibility index (Phi) is 12.9. The lowest BCUT2D eigenvalue weighted by molar-refractivity contribution is -1.34. The van der Waals surface area contributed by atoms with E-state index in [1.54, 1.807) is 20.8 Å².